The van der Waals surface area contributed by atoms with Crippen molar-refractivity contribution in [1.82, 2.24) is 4.90 Å². The summed E-state index contributed by atoms with van der Waals surface area (Å²) in [6.45, 7) is 4.78. The van der Waals surface area contributed by atoms with E-state index < -0.39 is 0 Å². The van der Waals surface area contributed by atoms with Crippen LogP contribution < -0.4 is 5.73 Å². The fourth-order valence-electron chi connectivity index (χ4n) is 2.80. The maximum absolute atomic E-state index is 6.06. The quantitative estimate of drug-likeness (QED) is 0.889. The Morgan fingerprint density at radius 2 is 2.44 bits per heavy atom. The molecule has 1 aliphatic rings. The first-order valence-corrected chi connectivity index (χ1v) is 7.59. The summed E-state index contributed by atoms with van der Waals surface area (Å²) in [5.74, 6) is 0. The van der Waals surface area contributed by atoms with Crippen molar-refractivity contribution in [1.29, 1.82) is 0 Å². The summed E-state index contributed by atoms with van der Waals surface area (Å²) in [5.41, 5.74) is 6.19. The van der Waals surface area contributed by atoms with Gasteiger partial charge in [-0.1, -0.05) is 6.07 Å². The monoisotopic (exact) mass is 268 g/mol. The smallest absolute Gasteiger partial charge is 0.0565 e. The van der Waals surface area contributed by atoms with Gasteiger partial charge in [0.25, 0.3) is 0 Å². The van der Waals surface area contributed by atoms with Crippen LogP contribution in [0.5, 0.6) is 0 Å². The van der Waals surface area contributed by atoms with Crippen molar-refractivity contribution >= 4 is 11.3 Å². The van der Waals surface area contributed by atoms with E-state index >= 15 is 0 Å². The second-order valence-corrected chi connectivity index (χ2v) is 6.35. The van der Waals surface area contributed by atoms with E-state index in [9.17, 15) is 0 Å². The highest BCUT2D eigenvalue weighted by molar-refractivity contribution is 7.09. The lowest BCUT2D eigenvalue weighted by molar-refractivity contribution is -0.0555. The van der Waals surface area contributed by atoms with Crippen LogP contribution in [-0.4, -0.2) is 43.3 Å². The Balaban J connectivity index is 1.94. The molecule has 1 aliphatic heterocycles. The van der Waals surface area contributed by atoms with E-state index in [0.717, 1.165) is 39.0 Å². The topological polar surface area (TPSA) is 38.5 Å². The van der Waals surface area contributed by atoms with E-state index in [1.165, 1.54) is 4.88 Å². The zero-order chi connectivity index (χ0) is 13.0. The van der Waals surface area contributed by atoms with Crippen LogP contribution in [0.25, 0.3) is 0 Å². The van der Waals surface area contributed by atoms with Crippen LogP contribution in [0.3, 0.4) is 0 Å². The van der Waals surface area contributed by atoms with Gasteiger partial charge < -0.3 is 10.5 Å². The minimum absolute atomic E-state index is 0.134. The fraction of sp³-hybridized carbons (Fsp3) is 0.714. The van der Waals surface area contributed by atoms with E-state index in [0.29, 0.717) is 6.10 Å². The molecule has 2 N–H and O–H groups in total. The van der Waals surface area contributed by atoms with Crippen molar-refractivity contribution in [3.63, 3.8) is 0 Å². The van der Waals surface area contributed by atoms with Gasteiger partial charge in [0.15, 0.2) is 0 Å². The van der Waals surface area contributed by atoms with Gasteiger partial charge in [0.05, 0.1) is 6.10 Å². The third-order valence-electron chi connectivity index (χ3n) is 4.10. The lowest BCUT2D eigenvalue weighted by atomic mass is 9.85. The molecule has 0 amide bonds. The first-order chi connectivity index (χ1) is 8.66. The fourth-order valence-corrected chi connectivity index (χ4v) is 3.50. The molecule has 0 spiro atoms. The summed E-state index contributed by atoms with van der Waals surface area (Å²) in [7, 11) is 2.21. The van der Waals surface area contributed by atoms with Gasteiger partial charge in [-0.15, -0.1) is 11.3 Å². The SMILES string of the molecule is CC1CC(CN)(N(C)CCc2cccs2)CCO1. The molecular weight excluding hydrogens is 244 g/mol. The Bertz CT molecular complexity index is 355. The highest BCUT2D eigenvalue weighted by Crippen LogP contribution is 2.29. The molecule has 18 heavy (non-hydrogen) atoms. The average molecular weight is 268 g/mol. The van der Waals surface area contributed by atoms with Gasteiger partial charge in [-0.25, -0.2) is 0 Å². The van der Waals surface area contributed by atoms with Crippen LogP contribution in [0.1, 0.15) is 24.6 Å². The van der Waals surface area contributed by atoms with Crippen molar-refractivity contribution in [2.24, 2.45) is 5.73 Å². The first-order valence-electron chi connectivity index (χ1n) is 6.71. The van der Waals surface area contributed by atoms with Crippen LogP contribution in [0.4, 0.5) is 0 Å². The third kappa shape index (κ3) is 3.12. The molecule has 2 unspecified atom stereocenters. The van der Waals surface area contributed by atoms with Gasteiger partial charge in [0.2, 0.25) is 0 Å². The minimum Gasteiger partial charge on any atom is -0.378 e. The van der Waals surface area contributed by atoms with Crippen LogP contribution >= 0.6 is 11.3 Å². The number of nitrogens with zero attached hydrogens (tertiary/aromatic N) is 1. The molecule has 1 aromatic heterocycles. The van der Waals surface area contributed by atoms with Crippen molar-refractivity contribution in [2.45, 2.75) is 37.8 Å². The third-order valence-corrected chi connectivity index (χ3v) is 5.04. The summed E-state index contributed by atoms with van der Waals surface area (Å²) < 4.78 is 5.66. The zero-order valence-corrected chi connectivity index (χ0v) is 12.2. The van der Waals surface area contributed by atoms with Gasteiger partial charge >= 0.3 is 0 Å². The van der Waals surface area contributed by atoms with Crippen LogP contribution in [-0.2, 0) is 11.2 Å². The highest BCUT2D eigenvalue weighted by Gasteiger charge is 2.37. The van der Waals surface area contributed by atoms with Crippen molar-refractivity contribution in [2.75, 3.05) is 26.7 Å². The summed E-state index contributed by atoms with van der Waals surface area (Å²) in [6.07, 6.45) is 3.54. The molecule has 2 heterocycles. The number of nitrogens with two attached hydrogens (primary N) is 1. The minimum atomic E-state index is 0.134. The standard InChI is InChI=1S/C14H24N2OS/c1-12-10-14(11-15,6-8-17-12)16(2)7-5-13-4-3-9-18-13/h3-4,9,12H,5-8,10-11,15H2,1-2H3. The summed E-state index contributed by atoms with van der Waals surface area (Å²) in [6, 6.07) is 4.33. The number of likely N-dealkylation sites (N-methyl/N-ethyl adjacent to an activating group) is 1. The van der Waals surface area contributed by atoms with Crippen molar-refractivity contribution in [3.05, 3.63) is 22.4 Å². The van der Waals surface area contributed by atoms with Gasteiger partial charge in [-0.05, 0) is 44.7 Å². The van der Waals surface area contributed by atoms with Crippen LogP contribution in [0.2, 0.25) is 0 Å². The molecule has 0 bridgehead atoms. The maximum Gasteiger partial charge on any atom is 0.0565 e. The molecule has 0 saturated carbocycles. The lowest BCUT2D eigenvalue weighted by Crippen LogP contribution is -2.57. The van der Waals surface area contributed by atoms with Gasteiger partial charge in [0, 0.05) is 30.1 Å². The van der Waals surface area contributed by atoms with Crippen molar-refractivity contribution < 1.29 is 4.74 Å². The molecule has 0 aliphatic carbocycles. The molecule has 1 aromatic rings. The lowest BCUT2D eigenvalue weighted by Gasteiger charge is -2.46. The molecule has 0 radical (unpaired) electrons. The Labute approximate surface area is 114 Å². The van der Waals surface area contributed by atoms with Gasteiger partial charge in [-0.3, -0.25) is 4.90 Å². The number of thiophene rings is 1. The van der Waals surface area contributed by atoms with Gasteiger partial charge in [-0.2, -0.15) is 0 Å². The summed E-state index contributed by atoms with van der Waals surface area (Å²) >= 11 is 1.84. The van der Waals surface area contributed by atoms with E-state index in [4.69, 9.17) is 10.5 Å². The van der Waals surface area contributed by atoms with Crippen LogP contribution in [0, 0.1) is 0 Å². The molecule has 0 aromatic carbocycles. The van der Waals surface area contributed by atoms with E-state index in [1.807, 2.05) is 11.3 Å². The highest BCUT2D eigenvalue weighted by atomic mass is 32.1. The summed E-state index contributed by atoms with van der Waals surface area (Å²) in [5, 5.41) is 2.14. The number of ether oxygens (including phenoxy) is 1. The first kappa shape index (κ1) is 14.0. The molecule has 2 rings (SSSR count). The Kier molecular flexibility index (Phi) is 4.78. The van der Waals surface area contributed by atoms with E-state index in [1.54, 1.807) is 0 Å². The predicted molar refractivity (Wildman–Crippen MR) is 77.1 cm³/mol. The molecule has 102 valence electrons. The van der Waals surface area contributed by atoms with Crippen LogP contribution in [0.15, 0.2) is 17.5 Å². The van der Waals surface area contributed by atoms with Crippen molar-refractivity contribution in [3.8, 4) is 0 Å². The number of rotatable bonds is 5. The number of hydrogen-bond donors (Lipinski definition) is 1. The van der Waals surface area contributed by atoms with E-state index in [-0.39, 0.29) is 5.54 Å². The predicted octanol–water partition coefficient (Wildman–Crippen LogP) is 2.12. The number of hydrogen-bond acceptors (Lipinski definition) is 4. The zero-order valence-electron chi connectivity index (χ0n) is 11.4. The molecule has 2 atom stereocenters. The molecular formula is C14H24N2OS. The average Bonchev–Trinajstić information content (AvgIpc) is 2.88. The summed E-state index contributed by atoms with van der Waals surface area (Å²) in [4.78, 5) is 3.90. The Morgan fingerprint density at radius 1 is 1.61 bits per heavy atom. The molecule has 1 fully saturated rings. The maximum atomic E-state index is 6.06. The Hall–Kier alpha value is -0.420. The molecule has 1 saturated heterocycles. The molecule has 3 nitrogen and oxygen atoms in total. The van der Waals surface area contributed by atoms with Gasteiger partial charge in [0.1, 0.15) is 0 Å². The second kappa shape index (κ2) is 6.15. The normalized spacial score (nSPS) is 28.8. The Morgan fingerprint density at radius 3 is 3.06 bits per heavy atom. The van der Waals surface area contributed by atoms with E-state index in [2.05, 4.69) is 36.4 Å². The molecule has 4 heteroatoms. The second-order valence-electron chi connectivity index (χ2n) is 5.31. The largest absolute Gasteiger partial charge is 0.378 e.